The van der Waals surface area contributed by atoms with E-state index in [0.717, 1.165) is 11.3 Å². The fraction of sp³-hybridized carbons (Fsp3) is 0.286. The van der Waals surface area contributed by atoms with Crippen LogP contribution < -0.4 is 10.1 Å². The molecule has 1 aliphatic rings. The Kier molecular flexibility index (Phi) is 4.18. The van der Waals surface area contributed by atoms with Gasteiger partial charge >= 0.3 is 0 Å². The van der Waals surface area contributed by atoms with Gasteiger partial charge in [-0.2, -0.15) is 0 Å². The number of carbonyl (C=O) groups is 2. The Morgan fingerprint density at radius 3 is 2.74 bits per heavy atom. The highest BCUT2D eigenvalue weighted by Crippen LogP contribution is 2.12. The Bertz CT molecular complexity index is 494. The highest BCUT2D eigenvalue weighted by atomic mass is 16.5. The molecule has 1 heterocycles. The second-order valence-corrected chi connectivity index (χ2v) is 4.22. The quantitative estimate of drug-likeness (QED) is 0.812. The number of nitrogens with one attached hydrogen (secondary N) is 1. The molecule has 0 bridgehead atoms. The van der Waals surface area contributed by atoms with E-state index in [2.05, 4.69) is 5.32 Å². The Labute approximate surface area is 111 Å². The van der Waals surface area contributed by atoms with Crippen LogP contribution in [0.1, 0.15) is 5.56 Å². The maximum atomic E-state index is 11.9. The van der Waals surface area contributed by atoms with Gasteiger partial charge in [-0.1, -0.05) is 12.1 Å². The minimum Gasteiger partial charge on any atom is -0.497 e. The molecule has 1 aromatic carbocycles. The number of methoxy groups -OCH3 is 1. The number of amides is 2. The van der Waals surface area contributed by atoms with Crippen LogP contribution in [0, 0.1) is 0 Å². The lowest BCUT2D eigenvalue weighted by Gasteiger charge is -2.25. The second kappa shape index (κ2) is 6.04. The molecule has 19 heavy (non-hydrogen) atoms. The average molecular weight is 260 g/mol. The van der Waals surface area contributed by atoms with Crippen LogP contribution in [0.25, 0.3) is 6.08 Å². The lowest BCUT2D eigenvalue weighted by molar-refractivity contribution is -0.134. The van der Waals surface area contributed by atoms with Crippen LogP contribution in [0.2, 0.25) is 0 Å². The third-order valence-electron chi connectivity index (χ3n) is 2.88. The maximum absolute atomic E-state index is 11.9. The SMILES string of the molecule is COc1ccc(/C=C/C(=O)N2CCNC(=O)C2)cc1. The van der Waals surface area contributed by atoms with Crippen LogP contribution in [-0.2, 0) is 9.59 Å². The number of benzene rings is 1. The van der Waals surface area contributed by atoms with Crippen molar-refractivity contribution >= 4 is 17.9 Å². The third kappa shape index (κ3) is 3.58. The van der Waals surface area contributed by atoms with Gasteiger partial charge < -0.3 is 15.0 Å². The van der Waals surface area contributed by atoms with Gasteiger partial charge in [-0.3, -0.25) is 9.59 Å². The first-order valence-electron chi connectivity index (χ1n) is 6.07. The lowest BCUT2D eigenvalue weighted by atomic mass is 10.2. The minimum atomic E-state index is -0.148. The summed E-state index contributed by atoms with van der Waals surface area (Å²) in [7, 11) is 1.61. The van der Waals surface area contributed by atoms with Crippen molar-refractivity contribution < 1.29 is 14.3 Å². The standard InChI is InChI=1S/C14H16N2O3/c1-19-12-5-2-11(3-6-12)4-7-14(18)16-9-8-15-13(17)10-16/h2-7H,8-10H2,1H3,(H,15,17)/b7-4+. The summed E-state index contributed by atoms with van der Waals surface area (Å²) in [4.78, 5) is 24.6. The molecule has 0 radical (unpaired) electrons. The average Bonchev–Trinajstić information content (AvgIpc) is 2.45. The Morgan fingerprint density at radius 2 is 2.11 bits per heavy atom. The van der Waals surface area contributed by atoms with Crippen LogP contribution >= 0.6 is 0 Å². The molecular weight excluding hydrogens is 244 g/mol. The van der Waals surface area contributed by atoms with E-state index in [1.807, 2.05) is 24.3 Å². The van der Waals surface area contributed by atoms with Crippen LogP contribution in [0.3, 0.4) is 0 Å². The number of piperazine rings is 1. The van der Waals surface area contributed by atoms with Crippen molar-refractivity contribution in [1.82, 2.24) is 10.2 Å². The topological polar surface area (TPSA) is 58.6 Å². The molecule has 1 aromatic rings. The van der Waals surface area contributed by atoms with Gasteiger partial charge in [-0.15, -0.1) is 0 Å². The van der Waals surface area contributed by atoms with Gasteiger partial charge in [0.05, 0.1) is 13.7 Å². The van der Waals surface area contributed by atoms with E-state index in [1.54, 1.807) is 13.2 Å². The molecule has 5 heteroatoms. The van der Waals surface area contributed by atoms with Crippen molar-refractivity contribution in [3.8, 4) is 5.75 Å². The lowest BCUT2D eigenvalue weighted by Crippen LogP contribution is -2.49. The van der Waals surface area contributed by atoms with Crippen LogP contribution in [-0.4, -0.2) is 43.5 Å². The van der Waals surface area contributed by atoms with E-state index >= 15 is 0 Å². The van der Waals surface area contributed by atoms with Crippen molar-refractivity contribution in [1.29, 1.82) is 0 Å². The summed E-state index contributed by atoms with van der Waals surface area (Å²) in [6.07, 6.45) is 3.22. The first-order valence-corrected chi connectivity index (χ1v) is 6.07. The largest absolute Gasteiger partial charge is 0.497 e. The Morgan fingerprint density at radius 1 is 1.37 bits per heavy atom. The molecule has 2 amide bonds. The Hall–Kier alpha value is -2.30. The Balaban J connectivity index is 1.96. The van der Waals surface area contributed by atoms with Gasteiger partial charge in [0, 0.05) is 19.2 Å². The molecule has 2 rings (SSSR count). The predicted molar refractivity (Wildman–Crippen MR) is 71.6 cm³/mol. The predicted octanol–water partition coefficient (Wildman–Crippen LogP) is 0.667. The van der Waals surface area contributed by atoms with E-state index in [1.165, 1.54) is 11.0 Å². The summed E-state index contributed by atoms with van der Waals surface area (Å²) in [5, 5.41) is 2.68. The summed E-state index contributed by atoms with van der Waals surface area (Å²) in [5.74, 6) is 0.513. The highest BCUT2D eigenvalue weighted by molar-refractivity contribution is 5.94. The first kappa shape index (κ1) is 13.1. The van der Waals surface area contributed by atoms with Crippen molar-refractivity contribution in [2.75, 3.05) is 26.7 Å². The highest BCUT2D eigenvalue weighted by Gasteiger charge is 2.18. The number of nitrogens with zero attached hydrogens (tertiary/aromatic N) is 1. The molecule has 0 aromatic heterocycles. The van der Waals surface area contributed by atoms with E-state index in [4.69, 9.17) is 4.74 Å². The molecule has 0 saturated carbocycles. The van der Waals surface area contributed by atoms with E-state index in [9.17, 15) is 9.59 Å². The zero-order chi connectivity index (χ0) is 13.7. The first-order chi connectivity index (χ1) is 9.19. The third-order valence-corrected chi connectivity index (χ3v) is 2.88. The van der Waals surface area contributed by atoms with E-state index in [-0.39, 0.29) is 18.4 Å². The normalized spacial score (nSPS) is 15.4. The summed E-state index contributed by atoms with van der Waals surface area (Å²) in [5.41, 5.74) is 0.913. The van der Waals surface area contributed by atoms with Gasteiger partial charge in [0.15, 0.2) is 0 Å². The van der Waals surface area contributed by atoms with Crippen molar-refractivity contribution in [2.45, 2.75) is 0 Å². The molecule has 100 valence electrons. The summed E-state index contributed by atoms with van der Waals surface area (Å²) >= 11 is 0. The number of ether oxygens (including phenoxy) is 1. The molecule has 0 spiro atoms. The molecule has 0 unspecified atom stereocenters. The van der Waals surface area contributed by atoms with Crippen LogP contribution in [0.4, 0.5) is 0 Å². The van der Waals surface area contributed by atoms with Crippen molar-refractivity contribution in [3.63, 3.8) is 0 Å². The number of carbonyl (C=O) groups excluding carboxylic acids is 2. The van der Waals surface area contributed by atoms with Gasteiger partial charge in [-0.25, -0.2) is 0 Å². The summed E-state index contributed by atoms with van der Waals surface area (Å²) in [6, 6.07) is 7.40. The fourth-order valence-electron chi connectivity index (χ4n) is 1.81. The fourth-order valence-corrected chi connectivity index (χ4v) is 1.81. The second-order valence-electron chi connectivity index (χ2n) is 4.22. The van der Waals surface area contributed by atoms with Crippen molar-refractivity contribution in [3.05, 3.63) is 35.9 Å². The molecule has 0 aliphatic carbocycles. The maximum Gasteiger partial charge on any atom is 0.247 e. The van der Waals surface area contributed by atoms with Crippen LogP contribution in [0.15, 0.2) is 30.3 Å². The zero-order valence-corrected chi connectivity index (χ0v) is 10.8. The molecule has 1 saturated heterocycles. The summed E-state index contributed by atoms with van der Waals surface area (Å²) < 4.78 is 5.06. The number of hydrogen-bond acceptors (Lipinski definition) is 3. The smallest absolute Gasteiger partial charge is 0.247 e. The van der Waals surface area contributed by atoms with Crippen LogP contribution in [0.5, 0.6) is 5.75 Å². The van der Waals surface area contributed by atoms with Gasteiger partial charge in [0.25, 0.3) is 0 Å². The monoisotopic (exact) mass is 260 g/mol. The molecule has 1 fully saturated rings. The van der Waals surface area contributed by atoms with E-state index < -0.39 is 0 Å². The minimum absolute atomic E-state index is 0.113. The molecule has 1 N–H and O–H groups in total. The van der Waals surface area contributed by atoms with Gasteiger partial charge in [-0.05, 0) is 23.8 Å². The van der Waals surface area contributed by atoms with E-state index in [0.29, 0.717) is 13.1 Å². The molecule has 1 aliphatic heterocycles. The molecular formula is C14H16N2O3. The number of hydrogen-bond donors (Lipinski definition) is 1. The summed E-state index contributed by atoms with van der Waals surface area (Å²) in [6.45, 7) is 1.20. The molecule has 0 atom stereocenters. The van der Waals surface area contributed by atoms with Gasteiger partial charge in [0.1, 0.15) is 5.75 Å². The van der Waals surface area contributed by atoms with Gasteiger partial charge in [0.2, 0.25) is 11.8 Å². The zero-order valence-electron chi connectivity index (χ0n) is 10.8. The molecule has 5 nitrogen and oxygen atoms in total. The van der Waals surface area contributed by atoms with Crippen molar-refractivity contribution in [2.24, 2.45) is 0 Å². The number of rotatable bonds is 3.